The molecule has 2 N–H and O–H groups in total. The highest BCUT2D eigenvalue weighted by Crippen LogP contribution is 2.20. The summed E-state index contributed by atoms with van der Waals surface area (Å²) in [4.78, 5) is 0. The normalized spacial score (nSPS) is 13.3. The second kappa shape index (κ2) is 4.51. The van der Waals surface area contributed by atoms with Crippen LogP contribution in [0.4, 0.5) is 8.78 Å². The van der Waals surface area contributed by atoms with Crippen LogP contribution in [0.15, 0.2) is 18.2 Å². The van der Waals surface area contributed by atoms with E-state index in [1.54, 1.807) is 0 Å². The van der Waals surface area contributed by atoms with Crippen molar-refractivity contribution in [3.63, 3.8) is 0 Å². The van der Waals surface area contributed by atoms with E-state index in [2.05, 4.69) is 0 Å². The summed E-state index contributed by atoms with van der Waals surface area (Å²) in [6.07, 6.45) is 0.769. The lowest BCUT2D eigenvalue weighted by Crippen LogP contribution is -2.13. The van der Waals surface area contributed by atoms with E-state index < -0.39 is 11.6 Å². The first kappa shape index (κ1) is 11.1. The average Bonchev–Trinajstić information content (AvgIpc) is 2.08. The third kappa shape index (κ3) is 2.77. The third-order valence-corrected chi connectivity index (χ3v) is 2.10. The smallest absolute Gasteiger partial charge is 0.159 e. The SMILES string of the molecule is CC(C)CC(N)c1ccc(F)c(F)c1. The summed E-state index contributed by atoms with van der Waals surface area (Å²) in [5.74, 6) is -1.22. The van der Waals surface area contributed by atoms with E-state index in [4.69, 9.17) is 5.73 Å². The Bertz CT molecular complexity index is 310. The van der Waals surface area contributed by atoms with Gasteiger partial charge in [0, 0.05) is 6.04 Å². The van der Waals surface area contributed by atoms with Gasteiger partial charge in [0.05, 0.1) is 0 Å². The number of rotatable bonds is 3. The molecular formula is C11H15F2N. The van der Waals surface area contributed by atoms with Gasteiger partial charge in [0.15, 0.2) is 11.6 Å². The average molecular weight is 199 g/mol. The Hall–Kier alpha value is -0.960. The fourth-order valence-corrected chi connectivity index (χ4v) is 1.39. The molecule has 14 heavy (non-hydrogen) atoms. The monoisotopic (exact) mass is 199 g/mol. The van der Waals surface area contributed by atoms with Crippen molar-refractivity contribution in [1.82, 2.24) is 0 Å². The number of benzene rings is 1. The lowest BCUT2D eigenvalue weighted by molar-refractivity contribution is 0.489. The van der Waals surface area contributed by atoms with Gasteiger partial charge in [-0.05, 0) is 30.0 Å². The second-order valence-electron chi connectivity index (χ2n) is 3.91. The minimum atomic E-state index is -0.832. The van der Waals surface area contributed by atoms with Crippen molar-refractivity contribution in [2.45, 2.75) is 26.3 Å². The maximum absolute atomic E-state index is 12.8. The minimum Gasteiger partial charge on any atom is -0.324 e. The van der Waals surface area contributed by atoms with Gasteiger partial charge in [-0.25, -0.2) is 8.78 Å². The first-order valence-electron chi connectivity index (χ1n) is 4.71. The molecule has 1 nitrogen and oxygen atoms in total. The van der Waals surface area contributed by atoms with Gasteiger partial charge in [0.1, 0.15) is 0 Å². The van der Waals surface area contributed by atoms with Gasteiger partial charge in [0.2, 0.25) is 0 Å². The summed E-state index contributed by atoms with van der Waals surface area (Å²) in [6, 6.07) is 3.60. The Labute approximate surface area is 82.9 Å². The lowest BCUT2D eigenvalue weighted by atomic mass is 9.98. The van der Waals surface area contributed by atoms with Crippen LogP contribution in [-0.2, 0) is 0 Å². The van der Waals surface area contributed by atoms with Gasteiger partial charge >= 0.3 is 0 Å². The molecule has 0 aromatic heterocycles. The van der Waals surface area contributed by atoms with Crippen LogP contribution < -0.4 is 5.73 Å². The molecule has 0 radical (unpaired) electrons. The zero-order valence-corrected chi connectivity index (χ0v) is 8.43. The molecule has 0 amide bonds. The van der Waals surface area contributed by atoms with Crippen molar-refractivity contribution < 1.29 is 8.78 Å². The molecule has 0 aliphatic rings. The molecular weight excluding hydrogens is 184 g/mol. The number of hydrogen-bond acceptors (Lipinski definition) is 1. The zero-order chi connectivity index (χ0) is 10.7. The van der Waals surface area contributed by atoms with Crippen molar-refractivity contribution in [3.05, 3.63) is 35.4 Å². The van der Waals surface area contributed by atoms with Gasteiger partial charge in [-0.3, -0.25) is 0 Å². The van der Waals surface area contributed by atoms with Crippen LogP contribution >= 0.6 is 0 Å². The molecule has 1 atom stereocenters. The summed E-state index contributed by atoms with van der Waals surface area (Å²) in [5, 5.41) is 0. The summed E-state index contributed by atoms with van der Waals surface area (Å²) in [5.41, 5.74) is 6.48. The first-order chi connectivity index (χ1) is 6.50. The van der Waals surface area contributed by atoms with E-state index in [0.717, 1.165) is 12.5 Å². The fourth-order valence-electron chi connectivity index (χ4n) is 1.39. The molecule has 0 bridgehead atoms. The van der Waals surface area contributed by atoms with E-state index in [9.17, 15) is 8.78 Å². The fraction of sp³-hybridized carbons (Fsp3) is 0.455. The quantitative estimate of drug-likeness (QED) is 0.795. The number of halogens is 2. The van der Waals surface area contributed by atoms with Crippen molar-refractivity contribution in [1.29, 1.82) is 0 Å². The van der Waals surface area contributed by atoms with Crippen LogP contribution in [0.3, 0.4) is 0 Å². The molecule has 78 valence electrons. The summed E-state index contributed by atoms with van der Waals surface area (Å²) >= 11 is 0. The van der Waals surface area contributed by atoms with Crippen molar-refractivity contribution in [3.8, 4) is 0 Å². The van der Waals surface area contributed by atoms with Crippen molar-refractivity contribution in [2.24, 2.45) is 11.7 Å². The Kier molecular flexibility index (Phi) is 3.58. The molecule has 0 aliphatic heterocycles. The topological polar surface area (TPSA) is 26.0 Å². The predicted molar refractivity (Wildman–Crippen MR) is 52.7 cm³/mol. The minimum absolute atomic E-state index is 0.218. The molecule has 1 unspecified atom stereocenters. The Morgan fingerprint density at radius 3 is 2.36 bits per heavy atom. The van der Waals surface area contributed by atoms with Crippen LogP contribution in [0.1, 0.15) is 31.9 Å². The molecule has 0 heterocycles. The predicted octanol–water partition coefficient (Wildman–Crippen LogP) is 3.01. The van der Waals surface area contributed by atoms with E-state index in [1.807, 2.05) is 13.8 Å². The Morgan fingerprint density at radius 2 is 1.86 bits per heavy atom. The Balaban J connectivity index is 2.80. The number of nitrogens with two attached hydrogens (primary N) is 1. The molecule has 3 heteroatoms. The Morgan fingerprint density at radius 1 is 1.21 bits per heavy atom. The first-order valence-corrected chi connectivity index (χ1v) is 4.71. The molecule has 0 aliphatic carbocycles. The van der Waals surface area contributed by atoms with E-state index in [1.165, 1.54) is 12.1 Å². The van der Waals surface area contributed by atoms with Crippen LogP contribution in [0.2, 0.25) is 0 Å². The van der Waals surface area contributed by atoms with Gasteiger partial charge < -0.3 is 5.73 Å². The van der Waals surface area contributed by atoms with Gasteiger partial charge in [-0.2, -0.15) is 0 Å². The van der Waals surface area contributed by atoms with E-state index in [-0.39, 0.29) is 6.04 Å². The zero-order valence-electron chi connectivity index (χ0n) is 8.43. The standard InChI is InChI=1S/C11H15F2N/c1-7(2)5-11(14)8-3-4-9(12)10(13)6-8/h3-4,6-7,11H,5,14H2,1-2H3. The van der Waals surface area contributed by atoms with Crippen LogP contribution in [0, 0.1) is 17.6 Å². The summed E-state index contributed by atoms with van der Waals surface area (Å²) in [7, 11) is 0. The van der Waals surface area contributed by atoms with E-state index in [0.29, 0.717) is 11.5 Å². The molecule has 1 aromatic rings. The van der Waals surface area contributed by atoms with Gasteiger partial charge in [-0.15, -0.1) is 0 Å². The van der Waals surface area contributed by atoms with Crippen LogP contribution in [-0.4, -0.2) is 0 Å². The third-order valence-electron chi connectivity index (χ3n) is 2.10. The molecule has 0 saturated heterocycles. The maximum atomic E-state index is 12.8. The molecule has 0 saturated carbocycles. The van der Waals surface area contributed by atoms with Crippen molar-refractivity contribution in [2.75, 3.05) is 0 Å². The molecule has 0 fully saturated rings. The molecule has 1 aromatic carbocycles. The highest BCUT2D eigenvalue weighted by atomic mass is 19.2. The molecule has 0 spiro atoms. The van der Waals surface area contributed by atoms with Gasteiger partial charge in [0.25, 0.3) is 0 Å². The highest BCUT2D eigenvalue weighted by Gasteiger charge is 2.10. The van der Waals surface area contributed by atoms with Crippen molar-refractivity contribution >= 4 is 0 Å². The summed E-state index contributed by atoms with van der Waals surface area (Å²) < 4.78 is 25.5. The van der Waals surface area contributed by atoms with Gasteiger partial charge in [-0.1, -0.05) is 19.9 Å². The van der Waals surface area contributed by atoms with Crippen LogP contribution in [0.5, 0.6) is 0 Å². The maximum Gasteiger partial charge on any atom is 0.159 e. The summed E-state index contributed by atoms with van der Waals surface area (Å²) in [6.45, 7) is 4.08. The highest BCUT2D eigenvalue weighted by molar-refractivity contribution is 5.20. The number of hydrogen-bond donors (Lipinski definition) is 1. The second-order valence-corrected chi connectivity index (χ2v) is 3.91. The van der Waals surface area contributed by atoms with E-state index >= 15 is 0 Å². The largest absolute Gasteiger partial charge is 0.324 e. The molecule has 1 rings (SSSR count). The lowest BCUT2D eigenvalue weighted by Gasteiger charge is -2.14. The van der Waals surface area contributed by atoms with Crippen LogP contribution in [0.25, 0.3) is 0 Å².